The van der Waals surface area contributed by atoms with E-state index in [1.54, 1.807) is 0 Å². The zero-order valence-corrected chi connectivity index (χ0v) is 3.54. The SMILES string of the molecule is C.C.C.C.N=O.O.O.O=O.O=O. The van der Waals surface area contributed by atoms with E-state index in [2.05, 4.69) is 5.59 Å². The molecule has 0 aliphatic carbocycles. The molecule has 8 nitrogen and oxygen atoms in total. The Morgan fingerprint density at radius 1 is 0.500 bits per heavy atom. The molecule has 0 saturated heterocycles. The van der Waals surface area contributed by atoms with Gasteiger partial charge in [-0.1, -0.05) is 35.3 Å². The van der Waals surface area contributed by atoms with Crippen LogP contribution in [0.2, 0.25) is 0 Å². The fourth-order valence-corrected chi connectivity index (χ4v) is 0. The molecule has 0 amide bonds. The van der Waals surface area contributed by atoms with E-state index in [-0.39, 0.29) is 40.7 Å². The predicted molar refractivity (Wildman–Crippen MR) is 53.7 cm³/mol. The van der Waals surface area contributed by atoms with Crippen LogP contribution in [-0.4, -0.2) is 11.0 Å². The Morgan fingerprint density at radius 2 is 0.500 bits per heavy atom. The van der Waals surface area contributed by atoms with Gasteiger partial charge in [0.05, 0.1) is 0 Å². The van der Waals surface area contributed by atoms with E-state index in [0.29, 0.717) is 0 Å². The average Bonchev–Trinajstić information content (AvgIpc) is 1.81. The summed E-state index contributed by atoms with van der Waals surface area (Å²) in [6.07, 6.45) is 0. The molecule has 0 radical (unpaired) electrons. The highest BCUT2D eigenvalue weighted by Gasteiger charge is 0.709. The maximum absolute atomic E-state index is 7.50. The van der Waals surface area contributed by atoms with Crippen LogP contribution in [0.3, 0.4) is 0 Å². The molecule has 0 aliphatic heterocycles. The Bertz CT molecular complexity index is 20.1. The monoisotopic (exact) mass is 195 g/mol. The molecule has 0 atom stereocenters. The lowest BCUT2D eigenvalue weighted by atomic mass is 12.0. The molecule has 0 aromatic heterocycles. The van der Waals surface area contributed by atoms with Crippen molar-refractivity contribution in [2.75, 3.05) is 0 Å². The van der Waals surface area contributed by atoms with Crippen molar-refractivity contribution in [3.63, 3.8) is 0 Å². The van der Waals surface area contributed by atoms with Gasteiger partial charge in [0.1, 0.15) is 0 Å². The van der Waals surface area contributed by atoms with E-state index < -0.39 is 0 Å². The Hall–Kier alpha value is -1.28. The van der Waals surface area contributed by atoms with Crippen LogP contribution in [-0.2, 0) is 0 Å². The zero-order valence-electron chi connectivity index (χ0n) is 3.54. The van der Waals surface area contributed by atoms with Gasteiger partial charge in [-0.15, -0.1) is 0 Å². The summed E-state index contributed by atoms with van der Waals surface area (Å²) in [6.45, 7) is 0. The molecule has 8 heteroatoms. The lowest BCUT2D eigenvalue weighted by molar-refractivity contribution is 0.823. The first-order valence-corrected chi connectivity index (χ1v) is 0.537. The molecule has 0 rings (SSSR count). The molecule has 84 valence electrons. The lowest BCUT2D eigenvalue weighted by Crippen LogP contribution is -0.674. The molecular weight excluding hydrogens is 174 g/mol. The van der Waals surface area contributed by atoms with Crippen molar-refractivity contribution in [1.82, 2.24) is 0 Å². The Balaban J connectivity index is -0.00000000129. The van der Waals surface area contributed by atoms with E-state index >= 15 is 0 Å². The van der Waals surface area contributed by atoms with Crippen LogP contribution in [0.25, 0.3) is 0 Å². The van der Waals surface area contributed by atoms with Crippen LogP contribution in [0.5, 0.6) is 0 Å². The third-order valence-electron chi connectivity index (χ3n) is 0. The fourth-order valence-electron chi connectivity index (χ4n) is 0. The topological polar surface area (TPSA) is 172 Å². The average molecular weight is 195 g/mol. The molecule has 0 aromatic rings. The highest BCUT2D eigenvalue weighted by atomic mass is 16.7. The van der Waals surface area contributed by atoms with E-state index in [0.717, 1.165) is 0 Å². The highest BCUT2D eigenvalue weighted by Crippen LogP contribution is 0.767. The van der Waals surface area contributed by atoms with Crippen molar-refractivity contribution >= 4 is 0 Å². The number of hydrogen-bond acceptors (Lipinski definition) is 6. The highest BCUT2D eigenvalue weighted by molar-refractivity contribution is 4.08. The first-order chi connectivity index (χ1) is 3.00. The first-order valence-electron chi connectivity index (χ1n) is 0.537. The smallest absolute Gasteiger partial charge is 0 e. The quantitative estimate of drug-likeness (QED) is 0.573. The molecule has 0 heterocycles. The molecule has 0 spiro atoms. The maximum Gasteiger partial charge on any atom is 0 e. The summed E-state index contributed by atoms with van der Waals surface area (Å²) in [5.41, 5.74) is 4.50. The van der Waals surface area contributed by atoms with Crippen molar-refractivity contribution in [2.45, 2.75) is 29.7 Å². The van der Waals surface area contributed by atoms with Gasteiger partial charge in [-0.2, -0.15) is 4.91 Å². The summed E-state index contributed by atoms with van der Waals surface area (Å²) in [5, 5.41) is 0. The van der Waals surface area contributed by atoms with Crippen molar-refractivity contribution < 1.29 is 11.0 Å². The van der Waals surface area contributed by atoms with Crippen molar-refractivity contribution in [2.24, 2.45) is 0 Å². The number of nitroso groups, excluding NO2 is 1. The number of nitrogens with one attached hydrogen (secondary N) is 1. The normalized spacial score (nSPS) is 1.00. The largest absolute Gasteiger partial charge is 0.412 e. The van der Waals surface area contributed by atoms with Gasteiger partial charge in [0.25, 0.3) is 0 Å². The van der Waals surface area contributed by atoms with Crippen LogP contribution in [0.15, 0.2) is 0 Å². The third kappa shape index (κ3) is 317. The molecular formula is C4H21NO7. The Kier molecular flexibility index (Phi) is 12900. The number of rotatable bonds is 0. The van der Waals surface area contributed by atoms with E-state index in [1.165, 1.54) is 0 Å². The van der Waals surface area contributed by atoms with Crippen molar-refractivity contribution in [1.29, 1.82) is 5.59 Å². The molecule has 0 bridgehead atoms. The van der Waals surface area contributed by atoms with Gasteiger partial charge in [0, 0.05) is 19.9 Å². The second-order valence-corrected chi connectivity index (χ2v) is 0. The minimum atomic E-state index is 0. The van der Waals surface area contributed by atoms with Crippen LogP contribution < -0.4 is 0 Å². The van der Waals surface area contributed by atoms with Gasteiger partial charge >= 0.3 is 0 Å². The van der Waals surface area contributed by atoms with Crippen LogP contribution in [0.4, 0.5) is 0 Å². The standard InChI is InChI=1S/4CH4.HNO.2O2.2H2O/c;;;;3*1-2;;/h4*1H4;1H;;;2*1H2. The minimum Gasteiger partial charge on any atom is -0.412 e. The van der Waals surface area contributed by atoms with Gasteiger partial charge in [-0.25, -0.2) is 0 Å². The van der Waals surface area contributed by atoms with E-state index in [9.17, 15) is 0 Å². The first kappa shape index (κ1) is 342. The summed E-state index contributed by atoms with van der Waals surface area (Å²) in [7, 11) is 0. The van der Waals surface area contributed by atoms with E-state index in [1.807, 2.05) is 0 Å². The summed E-state index contributed by atoms with van der Waals surface area (Å²) >= 11 is 0. The third-order valence-corrected chi connectivity index (χ3v) is 0. The van der Waals surface area contributed by atoms with Gasteiger partial charge in [0.2, 0.25) is 0 Å². The zero-order chi connectivity index (χ0) is 6.00. The van der Waals surface area contributed by atoms with Gasteiger partial charge in [0.15, 0.2) is 0 Å². The molecule has 5 N–H and O–H groups in total. The van der Waals surface area contributed by atoms with Crippen LogP contribution in [0.1, 0.15) is 29.7 Å². The molecule has 0 saturated carbocycles. The molecule has 0 unspecified atom stereocenters. The van der Waals surface area contributed by atoms with E-state index in [4.69, 9.17) is 24.8 Å². The van der Waals surface area contributed by atoms with Gasteiger partial charge < -0.3 is 11.0 Å². The van der Waals surface area contributed by atoms with Gasteiger partial charge in [-0.3, -0.25) is 0 Å². The molecule has 0 aliphatic rings. The second-order valence-electron chi connectivity index (χ2n) is 0. The molecule has 0 fully saturated rings. The minimum absolute atomic E-state index is 0. The predicted octanol–water partition coefficient (Wildman–Crippen LogP) is 1.36. The summed E-state index contributed by atoms with van der Waals surface area (Å²) in [5.74, 6) is 0. The van der Waals surface area contributed by atoms with Crippen molar-refractivity contribution in [3.8, 4) is 0 Å². The Labute approximate surface area is 72.2 Å². The summed E-state index contributed by atoms with van der Waals surface area (Å²) < 4.78 is 0. The fraction of sp³-hybridized carbons (Fsp3) is 1.00. The molecule has 12 heavy (non-hydrogen) atoms. The lowest BCUT2D eigenvalue weighted by Gasteiger charge is -0.827. The second kappa shape index (κ2) is 451. The van der Waals surface area contributed by atoms with Crippen molar-refractivity contribution in [3.05, 3.63) is 24.8 Å². The molecule has 0 aromatic carbocycles. The number of hydrogen-bond donors (Lipinski definition) is 1. The van der Waals surface area contributed by atoms with Crippen LogP contribution >= 0.6 is 0 Å². The Morgan fingerprint density at radius 3 is 0.500 bits per heavy atom. The summed E-state index contributed by atoms with van der Waals surface area (Å²) in [4.78, 5) is 35.5. The summed E-state index contributed by atoms with van der Waals surface area (Å²) in [6, 6.07) is 0. The van der Waals surface area contributed by atoms with Gasteiger partial charge in [-0.05, 0) is 0 Å². The van der Waals surface area contributed by atoms with Crippen LogP contribution in [0, 0.1) is 30.4 Å². The maximum atomic E-state index is 7.50.